The summed E-state index contributed by atoms with van der Waals surface area (Å²) in [5, 5.41) is 10.9. The van der Waals surface area contributed by atoms with Crippen LogP contribution < -0.4 is 4.90 Å². The Labute approximate surface area is 104 Å². The van der Waals surface area contributed by atoms with Gasteiger partial charge in [0.1, 0.15) is 5.82 Å². The van der Waals surface area contributed by atoms with Gasteiger partial charge in [0.05, 0.1) is 29.4 Å². The second-order valence-corrected chi connectivity index (χ2v) is 4.52. The van der Waals surface area contributed by atoms with Gasteiger partial charge in [-0.2, -0.15) is 5.26 Å². The number of rotatable bonds is 3. The summed E-state index contributed by atoms with van der Waals surface area (Å²) in [6, 6.07) is 5.71. The van der Waals surface area contributed by atoms with Crippen LogP contribution in [0.15, 0.2) is 23.0 Å². The highest BCUT2D eigenvalue weighted by molar-refractivity contribution is 7.07. The molecule has 0 aliphatic carbocycles. The highest BCUT2D eigenvalue weighted by Gasteiger charge is 2.07. The third-order valence-corrected chi connectivity index (χ3v) is 2.98. The van der Waals surface area contributed by atoms with E-state index in [1.165, 1.54) is 0 Å². The molecule has 0 aliphatic heterocycles. The smallest absolute Gasteiger partial charge is 0.130 e. The largest absolute Gasteiger partial charge is 0.354 e. The molecule has 5 heteroatoms. The molecule has 86 valence electrons. The Morgan fingerprint density at radius 3 is 2.94 bits per heavy atom. The number of hydrogen-bond donors (Lipinski definition) is 0. The zero-order valence-corrected chi connectivity index (χ0v) is 10.5. The second-order valence-electron chi connectivity index (χ2n) is 3.80. The summed E-state index contributed by atoms with van der Waals surface area (Å²) in [5.74, 6) is 0.801. The number of pyridine rings is 1. The molecule has 0 aliphatic rings. The first-order valence-electron chi connectivity index (χ1n) is 5.16. The highest BCUT2D eigenvalue weighted by Crippen LogP contribution is 2.15. The van der Waals surface area contributed by atoms with Crippen molar-refractivity contribution in [2.75, 3.05) is 11.9 Å². The summed E-state index contributed by atoms with van der Waals surface area (Å²) in [5.41, 5.74) is 4.31. The predicted octanol–water partition coefficient (Wildman–Crippen LogP) is 2.35. The van der Waals surface area contributed by atoms with E-state index in [9.17, 15) is 0 Å². The molecular weight excluding hydrogens is 232 g/mol. The van der Waals surface area contributed by atoms with Gasteiger partial charge < -0.3 is 4.90 Å². The fraction of sp³-hybridized carbons (Fsp3) is 0.250. The van der Waals surface area contributed by atoms with Crippen molar-refractivity contribution in [2.45, 2.75) is 13.5 Å². The van der Waals surface area contributed by atoms with Crippen molar-refractivity contribution >= 4 is 17.2 Å². The zero-order chi connectivity index (χ0) is 12.3. The molecule has 4 nitrogen and oxygen atoms in total. The van der Waals surface area contributed by atoms with Crippen LogP contribution in [0.4, 0.5) is 5.82 Å². The summed E-state index contributed by atoms with van der Waals surface area (Å²) >= 11 is 1.58. The van der Waals surface area contributed by atoms with Crippen LogP contribution in [0.1, 0.15) is 17.0 Å². The first kappa shape index (κ1) is 11.6. The Balaban J connectivity index is 2.22. The molecule has 2 rings (SSSR count). The molecule has 0 radical (unpaired) electrons. The molecule has 0 spiro atoms. The van der Waals surface area contributed by atoms with E-state index < -0.39 is 0 Å². The molecule has 0 unspecified atom stereocenters. The first-order valence-corrected chi connectivity index (χ1v) is 6.10. The van der Waals surface area contributed by atoms with E-state index in [-0.39, 0.29) is 0 Å². The van der Waals surface area contributed by atoms with Crippen LogP contribution in [0.5, 0.6) is 0 Å². The topological polar surface area (TPSA) is 52.8 Å². The number of nitriles is 1. The minimum atomic E-state index is 0.637. The van der Waals surface area contributed by atoms with E-state index in [0.717, 1.165) is 17.2 Å². The van der Waals surface area contributed by atoms with Gasteiger partial charge in [0.15, 0.2) is 0 Å². The van der Waals surface area contributed by atoms with E-state index in [1.54, 1.807) is 23.5 Å². The van der Waals surface area contributed by atoms with Gasteiger partial charge in [-0.1, -0.05) is 0 Å². The molecule has 0 fully saturated rings. The molecule has 2 aromatic heterocycles. The number of aryl methyl sites for hydroxylation is 1. The predicted molar refractivity (Wildman–Crippen MR) is 67.9 cm³/mol. The summed E-state index contributed by atoms with van der Waals surface area (Å²) in [7, 11) is 1.95. The van der Waals surface area contributed by atoms with Crippen molar-refractivity contribution in [2.24, 2.45) is 0 Å². The lowest BCUT2D eigenvalue weighted by Gasteiger charge is -2.17. The molecule has 0 amide bonds. The van der Waals surface area contributed by atoms with Crippen molar-refractivity contribution in [1.29, 1.82) is 5.26 Å². The Hall–Kier alpha value is -1.93. The summed E-state index contributed by atoms with van der Waals surface area (Å²) < 4.78 is 0. The van der Waals surface area contributed by atoms with E-state index >= 15 is 0 Å². The molecule has 0 saturated carbocycles. The molecular formula is C12H12N4S. The number of thiazole rings is 1. The molecule has 17 heavy (non-hydrogen) atoms. The van der Waals surface area contributed by atoms with E-state index in [0.29, 0.717) is 12.1 Å². The van der Waals surface area contributed by atoms with Crippen LogP contribution in [0, 0.1) is 18.3 Å². The van der Waals surface area contributed by atoms with Crippen LogP contribution in [0.25, 0.3) is 0 Å². The van der Waals surface area contributed by atoms with Gasteiger partial charge >= 0.3 is 0 Å². The van der Waals surface area contributed by atoms with Gasteiger partial charge in [0.25, 0.3) is 0 Å². The van der Waals surface area contributed by atoms with Crippen molar-refractivity contribution < 1.29 is 0 Å². The second kappa shape index (κ2) is 4.93. The SMILES string of the molecule is Cc1cc(C#N)cc(N(C)Cc2cscn2)n1. The quantitative estimate of drug-likeness (QED) is 0.831. The summed E-state index contributed by atoms with van der Waals surface area (Å²) in [6.07, 6.45) is 0. The third-order valence-electron chi connectivity index (χ3n) is 2.34. The standard InChI is InChI=1S/C12H12N4S/c1-9-3-10(5-13)4-12(15-9)16(2)6-11-7-17-8-14-11/h3-4,7-8H,6H2,1-2H3. The maximum atomic E-state index is 8.92. The average molecular weight is 244 g/mol. The fourth-order valence-corrected chi connectivity index (χ4v) is 2.10. The maximum absolute atomic E-state index is 8.92. The normalized spacial score (nSPS) is 9.94. The minimum absolute atomic E-state index is 0.637. The van der Waals surface area contributed by atoms with E-state index in [4.69, 9.17) is 5.26 Å². The Kier molecular flexibility index (Phi) is 3.35. The van der Waals surface area contributed by atoms with Crippen LogP contribution in [0.3, 0.4) is 0 Å². The van der Waals surface area contributed by atoms with E-state index in [1.807, 2.05) is 29.8 Å². The van der Waals surface area contributed by atoms with Crippen LogP contribution >= 0.6 is 11.3 Å². The summed E-state index contributed by atoms with van der Waals surface area (Å²) in [4.78, 5) is 10.6. The van der Waals surface area contributed by atoms with Crippen molar-refractivity contribution in [3.63, 3.8) is 0 Å². The molecule has 0 bridgehead atoms. The zero-order valence-electron chi connectivity index (χ0n) is 9.71. The minimum Gasteiger partial charge on any atom is -0.354 e. The van der Waals surface area contributed by atoms with Gasteiger partial charge in [0.2, 0.25) is 0 Å². The van der Waals surface area contributed by atoms with Gasteiger partial charge in [-0.3, -0.25) is 0 Å². The maximum Gasteiger partial charge on any atom is 0.130 e. The molecule has 2 aromatic rings. The van der Waals surface area contributed by atoms with Crippen molar-refractivity contribution in [3.8, 4) is 6.07 Å². The monoisotopic (exact) mass is 244 g/mol. The van der Waals surface area contributed by atoms with Gasteiger partial charge in [-0.25, -0.2) is 9.97 Å². The molecule has 0 N–H and O–H groups in total. The van der Waals surface area contributed by atoms with E-state index in [2.05, 4.69) is 16.0 Å². The molecule has 0 saturated heterocycles. The van der Waals surface area contributed by atoms with Crippen LogP contribution in [-0.4, -0.2) is 17.0 Å². The molecule has 0 atom stereocenters. The van der Waals surface area contributed by atoms with Crippen molar-refractivity contribution in [3.05, 3.63) is 40.0 Å². The lowest BCUT2D eigenvalue weighted by atomic mass is 10.2. The van der Waals surface area contributed by atoms with Gasteiger partial charge in [0, 0.05) is 18.1 Å². The van der Waals surface area contributed by atoms with Gasteiger partial charge in [-0.05, 0) is 19.1 Å². The Morgan fingerprint density at radius 1 is 1.47 bits per heavy atom. The van der Waals surface area contributed by atoms with Crippen LogP contribution in [0.2, 0.25) is 0 Å². The number of nitrogens with zero attached hydrogens (tertiary/aromatic N) is 4. The fourth-order valence-electron chi connectivity index (χ4n) is 1.55. The third kappa shape index (κ3) is 2.80. The Morgan fingerprint density at radius 2 is 2.29 bits per heavy atom. The number of hydrogen-bond acceptors (Lipinski definition) is 5. The summed E-state index contributed by atoms with van der Waals surface area (Å²) in [6.45, 7) is 2.59. The number of aromatic nitrogens is 2. The number of anilines is 1. The van der Waals surface area contributed by atoms with Crippen LogP contribution in [-0.2, 0) is 6.54 Å². The molecule has 0 aromatic carbocycles. The Bertz CT molecular complexity index is 542. The lowest BCUT2D eigenvalue weighted by Crippen LogP contribution is -2.18. The van der Waals surface area contributed by atoms with Crippen molar-refractivity contribution in [1.82, 2.24) is 9.97 Å². The van der Waals surface area contributed by atoms with Gasteiger partial charge in [-0.15, -0.1) is 11.3 Å². The highest BCUT2D eigenvalue weighted by atomic mass is 32.1. The molecule has 2 heterocycles. The lowest BCUT2D eigenvalue weighted by molar-refractivity contribution is 0.869. The first-order chi connectivity index (χ1) is 8.19. The average Bonchev–Trinajstić information content (AvgIpc) is 2.81.